The van der Waals surface area contributed by atoms with Crippen molar-refractivity contribution in [2.45, 2.75) is 0 Å². The molecular formula is C16H13FN2O6. The number of anilines is 1. The van der Waals surface area contributed by atoms with Crippen LogP contribution in [0.1, 0.15) is 10.4 Å². The molecule has 2 rings (SSSR count). The highest BCUT2D eigenvalue weighted by atomic mass is 19.1. The van der Waals surface area contributed by atoms with Gasteiger partial charge in [0.05, 0.1) is 23.3 Å². The Morgan fingerprint density at radius 1 is 1.24 bits per heavy atom. The summed E-state index contributed by atoms with van der Waals surface area (Å²) < 4.78 is 22.8. The first kappa shape index (κ1) is 17.9. The van der Waals surface area contributed by atoms with Crippen molar-refractivity contribution in [2.24, 2.45) is 0 Å². The summed E-state index contributed by atoms with van der Waals surface area (Å²) in [6.45, 7) is -0.652. The largest absolute Gasteiger partial charge is 0.495 e. The van der Waals surface area contributed by atoms with E-state index in [2.05, 4.69) is 5.32 Å². The number of nitrogens with zero attached hydrogens (tertiary/aromatic N) is 1. The van der Waals surface area contributed by atoms with Crippen molar-refractivity contribution in [2.75, 3.05) is 19.0 Å². The number of amides is 1. The van der Waals surface area contributed by atoms with Crippen molar-refractivity contribution in [1.29, 1.82) is 0 Å². The Bertz CT molecular complexity index is 824. The van der Waals surface area contributed by atoms with Crippen LogP contribution in [-0.4, -0.2) is 30.5 Å². The zero-order valence-electron chi connectivity index (χ0n) is 13.0. The van der Waals surface area contributed by atoms with Gasteiger partial charge in [-0.05, 0) is 24.3 Å². The molecule has 0 bridgehead atoms. The highest BCUT2D eigenvalue weighted by Crippen LogP contribution is 2.28. The Kier molecular flexibility index (Phi) is 5.62. The van der Waals surface area contributed by atoms with Gasteiger partial charge in [0, 0.05) is 12.1 Å². The monoisotopic (exact) mass is 348 g/mol. The van der Waals surface area contributed by atoms with Crippen molar-refractivity contribution in [3.8, 4) is 5.75 Å². The van der Waals surface area contributed by atoms with Gasteiger partial charge in [-0.2, -0.15) is 0 Å². The van der Waals surface area contributed by atoms with Gasteiger partial charge in [0.15, 0.2) is 6.61 Å². The lowest BCUT2D eigenvalue weighted by Gasteiger charge is -2.10. The molecule has 2 aromatic rings. The van der Waals surface area contributed by atoms with E-state index < -0.39 is 29.2 Å². The summed E-state index contributed by atoms with van der Waals surface area (Å²) >= 11 is 0. The molecule has 1 N–H and O–H groups in total. The number of benzene rings is 2. The number of nitro benzene ring substituents is 1. The Balaban J connectivity index is 2.01. The average Bonchev–Trinajstić information content (AvgIpc) is 2.59. The van der Waals surface area contributed by atoms with Crippen molar-refractivity contribution < 1.29 is 28.4 Å². The maximum Gasteiger partial charge on any atom is 0.338 e. The number of halogens is 1. The van der Waals surface area contributed by atoms with Gasteiger partial charge >= 0.3 is 5.97 Å². The summed E-state index contributed by atoms with van der Waals surface area (Å²) in [5.41, 5.74) is -0.225. The molecule has 1 amide bonds. The van der Waals surface area contributed by atoms with E-state index in [1.165, 1.54) is 31.4 Å². The van der Waals surface area contributed by atoms with Crippen molar-refractivity contribution in [3.63, 3.8) is 0 Å². The fraction of sp³-hybridized carbons (Fsp3) is 0.125. The van der Waals surface area contributed by atoms with E-state index in [0.717, 1.165) is 18.2 Å². The van der Waals surface area contributed by atoms with Gasteiger partial charge in [0.2, 0.25) is 0 Å². The Morgan fingerprint density at radius 3 is 2.64 bits per heavy atom. The highest BCUT2D eigenvalue weighted by Gasteiger charge is 2.15. The molecule has 0 atom stereocenters. The minimum Gasteiger partial charge on any atom is -0.495 e. The van der Waals surface area contributed by atoms with Crippen molar-refractivity contribution in [1.82, 2.24) is 0 Å². The first-order valence-corrected chi connectivity index (χ1v) is 6.95. The molecule has 8 nitrogen and oxygen atoms in total. The summed E-state index contributed by atoms with van der Waals surface area (Å²) in [6, 6.07) is 8.48. The van der Waals surface area contributed by atoms with E-state index >= 15 is 0 Å². The predicted molar refractivity (Wildman–Crippen MR) is 85.0 cm³/mol. The van der Waals surface area contributed by atoms with Crippen LogP contribution in [0.15, 0.2) is 42.5 Å². The topological polar surface area (TPSA) is 108 Å². The van der Waals surface area contributed by atoms with Crippen LogP contribution >= 0.6 is 0 Å². The number of carbonyl (C=O) groups excluding carboxylic acids is 2. The number of non-ortho nitro benzene ring substituents is 1. The third kappa shape index (κ3) is 4.74. The number of rotatable bonds is 6. The van der Waals surface area contributed by atoms with Gasteiger partial charge in [-0.15, -0.1) is 0 Å². The molecule has 0 saturated heterocycles. The summed E-state index contributed by atoms with van der Waals surface area (Å²) in [7, 11) is 1.33. The average molecular weight is 348 g/mol. The number of esters is 1. The van der Waals surface area contributed by atoms with Gasteiger partial charge in [-0.25, -0.2) is 9.18 Å². The first-order valence-electron chi connectivity index (χ1n) is 6.95. The lowest BCUT2D eigenvalue weighted by Crippen LogP contribution is -2.21. The smallest absolute Gasteiger partial charge is 0.338 e. The van der Waals surface area contributed by atoms with Crippen LogP contribution in [0.25, 0.3) is 0 Å². The molecule has 130 valence electrons. The Hall–Kier alpha value is -3.49. The maximum absolute atomic E-state index is 13.0. The van der Waals surface area contributed by atoms with E-state index in [-0.39, 0.29) is 22.7 Å². The van der Waals surface area contributed by atoms with E-state index in [1.54, 1.807) is 0 Å². The van der Waals surface area contributed by atoms with Crippen LogP contribution in [0.4, 0.5) is 15.8 Å². The first-order chi connectivity index (χ1) is 11.9. The fourth-order valence-electron chi connectivity index (χ4n) is 1.92. The molecule has 0 spiro atoms. The van der Waals surface area contributed by atoms with E-state index in [9.17, 15) is 24.1 Å². The van der Waals surface area contributed by atoms with Crippen LogP contribution < -0.4 is 10.1 Å². The normalized spacial score (nSPS) is 10.0. The van der Waals surface area contributed by atoms with Crippen LogP contribution in [0.3, 0.4) is 0 Å². The predicted octanol–water partition coefficient (Wildman–Crippen LogP) is 2.54. The lowest BCUT2D eigenvalue weighted by molar-refractivity contribution is -0.384. The molecule has 0 unspecified atom stereocenters. The molecule has 0 aromatic heterocycles. The van der Waals surface area contributed by atoms with Gasteiger partial charge in [0.25, 0.3) is 11.6 Å². The quantitative estimate of drug-likeness (QED) is 0.488. The van der Waals surface area contributed by atoms with E-state index in [1.807, 2.05) is 0 Å². The van der Waals surface area contributed by atoms with Gasteiger partial charge in [-0.1, -0.05) is 6.07 Å². The molecule has 9 heteroatoms. The number of methoxy groups -OCH3 is 1. The van der Waals surface area contributed by atoms with Crippen molar-refractivity contribution >= 4 is 23.3 Å². The SMILES string of the molecule is COc1ccc([N+](=O)[O-])cc1NC(=O)COC(=O)c1cccc(F)c1. The van der Waals surface area contributed by atoms with Crippen LogP contribution in [-0.2, 0) is 9.53 Å². The third-order valence-corrected chi connectivity index (χ3v) is 3.06. The zero-order valence-corrected chi connectivity index (χ0v) is 13.0. The second-order valence-electron chi connectivity index (χ2n) is 4.78. The molecule has 0 fully saturated rings. The van der Waals surface area contributed by atoms with Gasteiger partial charge < -0.3 is 14.8 Å². The summed E-state index contributed by atoms with van der Waals surface area (Å²) in [4.78, 5) is 33.8. The van der Waals surface area contributed by atoms with E-state index in [0.29, 0.717) is 0 Å². The minimum atomic E-state index is -0.874. The zero-order chi connectivity index (χ0) is 18.4. The molecular weight excluding hydrogens is 335 g/mol. The number of ether oxygens (including phenoxy) is 2. The van der Waals surface area contributed by atoms with Crippen LogP contribution in [0.2, 0.25) is 0 Å². The summed E-state index contributed by atoms with van der Waals surface area (Å²) in [5.74, 6) is -2.01. The molecule has 0 saturated carbocycles. The number of nitrogens with one attached hydrogen (secondary N) is 1. The molecule has 0 heterocycles. The lowest BCUT2D eigenvalue weighted by atomic mass is 10.2. The van der Waals surface area contributed by atoms with E-state index in [4.69, 9.17) is 9.47 Å². The second-order valence-corrected chi connectivity index (χ2v) is 4.78. The molecule has 0 aliphatic carbocycles. The molecule has 25 heavy (non-hydrogen) atoms. The second kappa shape index (κ2) is 7.86. The van der Waals surface area contributed by atoms with Crippen molar-refractivity contribution in [3.05, 3.63) is 64.0 Å². The Morgan fingerprint density at radius 2 is 2.00 bits per heavy atom. The van der Waals surface area contributed by atoms with Gasteiger partial charge in [-0.3, -0.25) is 14.9 Å². The fourth-order valence-corrected chi connectivity index (χ4v) is 1.92. The number of nitro groups is 1. The standard InChI is InChI=1S/C16H13FN2O6/c1-24-14-6-5-12(19(22)23)8-13(14)18-15(20)9-25-16(21)10-3-2-4-11(17)7-10/h2-8H,9H2,1H3,(H,18,20). The number of hydrogen-bond acceptors (Lipinski definition) is 6. The Labute approximate surface area is 141 Å². The minimum absolute atomic E-state index is 0.0410. The van der Waals surface area contributed by atoms with Gasteiger partial charge in [0.1, 0.15) is 11.6 Å². The molecule has 0 aliphatic heterocycles. The maximum atomic E-state index is 13.0. The number of hydrogen-bond donors (Lipinski definition) is 1. The molecule has 2 aromatic carbocycles. The highest BCUT2D eigenvalue weighted by molar-refractivity contribution is 5.96. The molecule has 0 radical (unpaired) electrons. The van der Waals surface area contributed by atoms with Crippen LogP contribution in [0, 0.1) is 15.9 Å². The third-order valence-electron chi connectivity index (χ3n) is 3.06. The van der Waals surface area contributed by atoms with Crippen LogP contribution in [0.5, 0.6) is 5.75 Å². The number of carbonyl (C=O) groups is 2. The summed E-state index contributed by atoms with van der Waals surface area (Å²) in [5, 5.41) is 13.1. The summed E-state index contributed by atoms with van der Waals surface area (Å²) in [6.07, 6.45) is 0. The molecule has 0 aliphatic rings.